The van der Waals surface area contributed by atoms with Crippen LogP contribution in [0.4, 0.5) is 0 Å². The molecular formula is C18H24N4O2S. The molecule has 3 aromatic heterocycles. The zero-order valence-corrected chi connectivity index (χ0v) is 15.7. The van der Waals surface area contributed by atoms with E-state index in [2.05, 4.69) is 21.9 Å². The number of hydrogen-bond donors (Lipinski definition) is 1. The molecule has 0 aromatic carbocycles. The van der Waals surface area contributed by atoms with E-state index in [1.165, 1.54) is 24.2 Å². The molecule has 1 fully saturated rings. The Labute approximate surface area is 151 Å². The van der Waals surface area contributed by atoms with E-state index >= 15 is 0 Å². The highest BCUT2D eigenvalue weighted by atomic mass is 32.1. The number of nitrogens with zero attached hydrogens (tertiary/aromatic N) is 4. The predicted molar refractivity (Wildman–Crippen MR) is 97.2 cm³/mol. The van der Waals surface area contributed by atoms with Gasteiger partial charge in [-0.3, -0.25) is 4.90 Å². The fourth-order valence-corrected chi connectivity index (χ4v) is 4.77. The number of furan rings is 1. The molecular weight excluding hydrogens is 336 g/mol. The van der Waals surface area contributed by atoms with Gasteiger partial charge in [0.25, 0.3) is 0 Å². The molecule has 1 aliphatic heterocycles. The molecule has 4 rings (SSSR count). The summed E-state index contributed by atoms with van der Waals surface area (Å²) in [5, 5.41) is 15.3. The average molecular weight is 360 g/mol. The minimum atomic E-state index is -0.0948. The van der Waals surface area contributed by atoms with Crippen LogP contribution in [0.15, 0.2) is 16.5 Å². The molecule has 2 unspecified atom stereocenters. The second-order valence-electron chi connectivity index (χ2n) is 6.80. The summed E-state index contributed by atoms with van der Waals surface area (Å²) in [5.41, 5.74) is 0. The summed E-state index contributed by atoms with van der Waals surface area (Å²) < 4.78 is 7.54. The molecule has 0 bridgehead atoms. The van der Waals surface area contributed by atoms with Gasteiger partial charge < -0.3 is 9.52 Å². The first-order valence-corrected chi connectivity index (χ1v) is 9.79. The molecule has 3 aromatic rings. The van der Waals surface area contributed by atoms with Crippen LogP contribution < -0.4 is 0 Å². The van der Waals surface area contributed by atoms with E-state index in [1.54, 1.807) is 4.52 Å². The molecule has 0 amide bonds. The number of aromatic nitrogens is 3. The maximum atomic E-state index is 10.9. The Morgan fingerprint density at radius 2 is 2.24 bits per heavy atom. The van der Waals surface area contributed by atoms with E-state index < -0.39 is 0 Å². The van der Waals surface area contributed by atoms with Crippen LogP contribution in [0.2, 0.25) is 0 Å². The average Bonchev–Trinajstić information content (AvgIpc) is 3.27. The lowest BCUT2D eigenvalue weighted by molar-refractivity contribution is 0.112. The number of likely N-dealkylation sites (tertiary alicyclic amines) is 1. The Kier molecular flexibility index (Phi) is 4.29. The van der Waals surface area contributed by atoms with Gasteiger partial charge in [0, 0.05) is 12.5 Å². The zero-order chi connectivity index (χ0) is 17.6. The topological polar surface area (TPSA) is 66.8 Å². The Hall–Kier alpha value is -1.86. The maximum Gasteiger partial charge on any atom is 0.230 e. The van der Waals surface area contributed by atoms with Gasteiger partial charge in [0.05, 0.1) is 4.88 Å². The number of fused-ring (bicyclic) bond motifs is 1. The van der Waals surface area contributed by atoms with E-state index in [0.717, 1.165) is 46.6 Å². The molecule has 1 saturated heterocycles. The van der Waals surface area contributed by atoms with Gasteiger partial charge in [0.2, 0.25) is 10.8 Å². The highest BCUT2D eigenvalue weighted by Gasteiger charge is 2.35. The van der Waals surface area contributed by atoms with Gasteiger partial charge in [-0.2, -0.15) is 4.52 Å². The summed E-state index contributed by atoms with van der Waals surface area (Å²) in [6.07, 6.45) is 4.34. The third-order valence-corrected chi connectivity index (χ3v) is 6.10. The van der Waals surface area contributed by atoms with Crippen LogP contribution >= 0.6 is 11.3 Å². The molecule has 25 heavy (non-hydrogen) atoms. The fraction of sp³-hybridized carbons (Fsp3) is 0.556. The van der Waals surface area contributed by atoms with Gasteiger partial charge in [-0.25, -0.2) is 4.98 Å². The molecule has 0 radical (unpaired) electrons. The number of aromatic hydroxyl groups is 1. The first-order valence-electron chi connectivity index (χ1n) is 8.98. The third-order valence-electron chi connectivity index (χ3n) is 5.02. The fourth-order valence-electron chi connectivity index (χ4n) is 3.67. The van der Waals surface area contributed by atoms with Crippen LogP contribution in [0.3, 0.4) is 0 Å². The van der Waals surface area contributed by atoms with Gasteiger partial charge in [0.15, 0.2) is 5.82 Å². The number of rotatable bonds is 4. The molecule has 4 heterocycles. The Morgan fingerprint density at radius 1 is 1.40 bits per heavy atom. The lowest BCUT2D eigenvalue weighted by Crippen LogP contribution is -2.40. The van der Waals surface area contributed by atoms with Crippen molar-refractivity contribution in [2.45, 2.75) is 58.5 Å². The van der Waals surface area contributed by atoms with Gasteiger partial charge in [-0.1, -0.05) is 24.7 Å². The molecule has 6 nitrogen and oxygen atoms in total. The van der Waals surface area contributed by atoms with Gasteiger partial charge in [0.1, 0.15) is 17.6 Å². The SMILES string of the molecule is CCc1nc2sc(C(c3ccc(C)o3)N3CCCCC3C)c(O)n2n1. The smallest absolute Gasteiger partial charge is 0.230 e. The number of piperidine rings is 1. The first-order chi connectivity index (χ1) is 12.1. The number of thiazole rings is 1. The van der Waals surface area contributed by atoms with Crippen molar-refractivity contribution in [3.63, 3.8) is 0 Å². The van der Waals surface area contributed by atoms with Crippen LogP contribution in [-0.4, -0.2) is 37.2 Å². The molecule has 0 spiro atoms. The van der Waals surface area contributed by atoms with Gasteiger partial charge in [-0.15, -0.1) is 5.10 Å². The number of hydrogen-bond acceptors (Lipinski definition) is 6. The summed E-state index contributed by atoms with van der Waals surface area (Å²) in [5.74, 6) is 2.70. The zero-order valence-electron chi connectivity index (χ0n) is 14.9. The van der Waals surface area contributed by atoms with E-state index in [4.69, 9.17) is 4.42 Å². The van der Waals surface area contributed by atoms with Crippen molar-refractivity contribution in [1.82, 2.24) is 19.5 Å². The van der Waals surface area contributed by atoms with Gasteiger partial charge >= 0.3 is 0 Å². The third kappa shape index (κ3) is 2.85. The largest absolute Gasteiger partial charge is 0.492 e. The highest BCUT2D eigenvalue weighted by Crippen LogP contribution is 2.42. The molecule has 134 valence electrons. The van der Waals surface area contributed by atoms with Crippen LogP contribution in [-0.2, 0) is 6.42 Å². The van der Waals surface area contributed by atoms with Crippen molar-refractivity contribution in [1.29, 1.82) is 0 Å². The second kappa shape index (κ2) is 6.46. The van der Waals surface area contributed by atoms with Crippen molar-refractivity contribution < 1.29 is 9.52 Å². The Balaban J connectivity index is 1.82. The molecule has 0 saturated carbocycles. The van der Waals surface area contributed by atoms with Gasteiger partial charge in [-0.05, 0) is 45.4 Å². The summed E-state index contributed by atoms with van der Waals surface area (Å²) in [6, 6.07) is 4.36. The van der Waals surface area contributed by atoms with Crippen LogP contribution in [0, 0.1) is 6.92 Å². The highest BCUT2D eigenvalue weighted by molar-refractivity contribution is 7.17. The van der Waals surface area contributed by atoms with Crippen molar-refractivity contribution in [2.75, 3.05) is 6.54 Å². The predicted octanol–water partition coefficient (Wildman–Crippen LogP) is 3.92. The normalized spacial score (nSPS) is 20.4. The Morgan fingerprint density at radius 3 is 2.88 bits per heavy atom. The van der Waals surface area contributed by atoms with E-state index in [-0.39, 0.29) is 11.9 Å². The first kappa shape index (κ1) is 16.6. The minimum Gasteiger partial charge on any atom is -0.492 e. The van der Waals surface area contributed by atoms with Crippen molar-refractivity contribution in [3.05, 3.63) is 34.4 Å². The minimum absolute atomic E-state index is 0.0948. The molecule has 7 heteroatoms. The lowest BCUT2D eigenvalue weighted by Gasteiger charge is -2.38. The second-order valence-corrected chi connectivity index (χ2v) is 7.81. The van der Waals surface area contributed by atoms with Crippen LogP contribution in [0.1, 0.15) is 61.4 Å². The van der Waals surface area contributed by atoms with Crippen LogP contribution in [0.25, 0.3) is 4.96 Å². The van der Waals surface area contributed by atoms with Crippen LogP contribution in [0.5, 0.6) is 5.88 Å². The van der Waals surface area contributed by atoms with E-state index in [1.807, 2.05) is 26.0 Å². The van der Waals surface area contributed by atoms with Crippen molar-refractivity contribution in [3.8, 4) is 5.88 Å². The summed E-state index contributed by atoms with van der Waals surface area (Å²) in [6.45, 7) is 7.22. The lowest BCUT2D eigenvalue weighted by atomic mass is 9.99. The monoisotopic (exact) mass is 360 g/mol. The molecule has 0 aliphatic carbocycles. The standard InChI is InChI=1S/C18H24N4O2S/c1-4-14-19-18-22(20-14)17(23)16(25-18)15(13-9-8-12(3)24-13)21-10-6-5-7-11(21)2/h8-9,11,15,23H,4-7,10H2,1-3H3. The van der Waals surface area contributed by atoms with Crippen molar-refractivity contribution >= 4 is 16.3 Å². The summed E-state index contributed by atoms with van der Waals surface area (Å²) in [7, 11) is 0. The number of aryl methyl sites for hydroxylation is 2. The Bertz CT molecular complexity index is 881. The van der Waals surface area contributed by atoms with Crippen molar-refractivity contribution in [2.24, 2.45) is 0 Å². The summed E-state index contributed by atoms with van der Waals surface area (Å²) in [4.78, 5) is 8.56. The molecule has 1 N–H and O–H groups in total. The van der Waals surface area contributed by atoms with E-state index in [0.29, 0.717) is 6.04 Å². The quantitative estimate of drug-likeness (QED) is 0.764. The molecule has 1 aliphatic rings. The molecule has 2 atom stereocenters. The summed E-state index contributed by atoms with van der Waals surface area (Å²) >= 11 is 1.51. The maximum absolute atomic E-state index is 10.9. The van der Waals surface area contributed by atoms with E-state index in [9.17, 15) is 5.11 Å².